The Balaban J connectivity index is 1.40. The van der Waals surface area contributed by atoms with Gasteiger partial charge in [-0.2, -0.15) is 0 Å². The van der Waals surface area contributed by atoms with E-state index in [2.05, 4.69) is 20.9 Å². The molecule has 2 amide bonds. The van der Waals surface area contributed by atoms with Gasteiger partial charge in [0.2, 0.25) is 0 Å². The van der Waals surface area contributed by atoms with E-state index < -0.39 is 11.7 Å². The number of nitrogens with zero attached hydrogens (tertiary/aromatic N) is 2. The first kappa shape index (κ1) is 25.9. The Labute approximate surface area is 216 Å². The number of hydrogen-bond acceptors (Lipinski definition) is 6. The largest absolute Gasteiger partial charge is 0.444 e. The number of hydrogen-bond donors (Lipinski definition) is 3. The van der Waals surface area contributed by atoms with Gasteiger partial charge >= 0.3 is 6.09 Å². The predicted octanol–water partition coefficient (Wildman–Crippen LogP) is 4.07. The molecule has 9 nitrogen and oxygen atoms in total. The van der Waals surface area contributed by atoms with E-state index in [0.29, 0.717) is 24.3 Å². The summed E-state index contributed by atoms with van der Waals surface area (Å²) in [7, 11) is 0. The first-order valence-electron chi connectivity index (χ1n) is 12.4. The molecular weight excluding hydrogens is 470 g/mol. The predicted molar refractivity (Wildman–Crippen MR) is 142 cm³/mol. The summed E-state index contributed by atoms with van der Waals surface area (Å²) in [6.45, 7) is 8.10. The van der Waals surface area contributed by atoms with Crippen molar-refractivity contribution in [3.05, 3.63) is 87.5 Å². The normalized spacial score (nSPS) is 13.1. The van der Waals surface area contributed by atoms with E-state index in [-0.39, 0.29) is 23.3 Å². The zero-order valence-corrected chi connectivity index (χ0v) is 21.6. The van der Waals surface area contributed by atoms with Crippen LogP contribution in [0.1, 0.15) is 60.7 Å². The van der Waals surface area contributed by atoms with Crippen LogP contribution in [0.25, 0.3) is 5.69 Å². The van der Waals surface area contributed by atoms with Crippen molar-refractivity contribution >= 4 is 17.8 Å². The van der Waals surface area contributed by atoms with Gasteiger partial charge in [-0.3, -0.25) is 14.2 Å². The second-order valence-corrected chi connectivity index (χ2v) is 10.2. The van der Waals surface area contributed by atoms with Gasteiger partial charge < -0.3 is 20.7 Å². The van der Waals surface area contributed by atoms with Crippen LogP contribution in [0.2, 0.25) is 0 Å². The zero-order chi connectivity index (χ0) is 26.6. The van der Waals surface area contributed by atoms with Crippen LogP contribution < -0.4 is 21.5 Å². The topological polar surface area (TPSA) is 114 Å². The maximum absolute atomic E-state index is 13.2. The van der Waals surface area contributed by atoms with Crippen molar-refractivity contribution in [1.29, 1.82) is 0 Å². The van der Waals surface area contributed by atoms with Crippen molar-refractivity contribution in [3.8, 4) is 5.69 Å². The van der Waals surface area contributed by atoms with Crippen LogP contribution in [0.4, 0.5) is 10.6 Å². The molecule has 3 N–H and O–H groups in total. The van der Waals surface area contributed by atoms with E-state index >= 15 is 0 Å². The van der Waals surface area contributed by atoms with Crippen LogP contribution in [0.5, 0.6) is 0 Å². The number of benzene rings is 2. The summed E-state index contributed by atoms with van der Waals surface area (Å²) < 4.78 is 6.75. The molecule has 1 fully saturated rings. The molecule has 194 valence electrons. The van der Waals surface area contributed by atoms with E-state index in [9.17, 15) is 14.4 Å². The summed E-state index contributed by atoms with van der Waals surface area (Å²) in [5.74, 6) is 0.0827. The van der Waals surface area contributed by atoms with Gasteiger partial charge in [0, 0.05) is 37.1 Å². The van der Waals surface area contributed by atoms with Crippen molar-refractivity contribution < 1.29 is 14.3 Å². The third kappa shape index (κ3) is 7.19. The van der Waals surface area contributed by atoms with Gasteiger partial charge in [-0.15, -0.1) is 0 Å². The molecule has 0 spiro atoms. The minimum atomic E-state index is -0.546. The Morgan fingerprint density at radius 3 is 2.38 bits per heavy atom. The minimum Gasteiger partial charge on any atom is -0.444 e. The molecule has 0 radical (unpaired) electrons. The molecule has 1 saturated carbocycles. The summed E-state index contributed by atoms with van der Waals surface area (Å²) in [6.07, 6.45) is 4.72. The first-order valence-corrected chi connectivity index (χ1v) is 12.4. The lowest BCUT2D eigenvalue weighted by Gasteiger charge is -2.19. The molecule has 0 bridgehead atoms. The Morgan fingerprint density at radius 1 is 1.05 bits per heavy atom. The highest BCUT2D eigenvalue weighted by atomic mass is 16.6. The van der Waals surface area contributed by atoms with Gasteiger partial charge in [-0.05, 0) is 69.4 Å². The third-order valence-corrected chi connectivity index (χ3v) is 5.80. The monoisotopic (exact) mass is 503 g/mol. The van der Waals surface area contributed by atoms with Gasteiger partial charge in [0.15, 0.2) is 5.82 Å². The Kier molecular flexibility index (Phi) is 7.61. The summed E-state index contributed by atoms with van der Waals surface area (Å²) in [5, 5.41) is 8.83. The van der Waals surface area contributed by atoms with E-state index in [1.807, 2.05) is 58.0 Å². The lowest BCUT2D eigenvalue weighted by atomic mass is 10.1. The number of rotatable bonds is 8. The molecular formula is C28H33N5O4. The summed E-state index contributed by atoms with van der Waals surface area (Å²) >= 11 is 0. The molecule has 0 saturated heterocycles. The highest BCUT2D eigenvalue weighted by Crippen LogP contribution is 2.21. The van der Waals surface area contributed by atoms with Crippen LogP contribution >= 0.6 is 0 Å². The number of amides is 2. The second-order valence-electron chi connectivity index (χ2n) is 10.2. The zero-order valence-electron chi connectivity index (χ0n) is 21.6. The van der Waals surface area contributed by atoms with E-state index in [1.54, 1.807) is 24.5 Å². The smallest absolute Gasteiger partial charge is 0.407 e. The molecule has 3 aromatic rings. The molecule has 1 aliphatic carbocycles. The summed E-state index contributed by atoms with van der Waals surface area (Å²) in [5.41, 5.74) is 3.06. The summed E-state index contributed by atoms with van der Waals surface area (Å²) in [4.78, 5) is 41.8. The van der Waals surface area contributed by atoms with E-state index in [1.165, 1.54) is 4.57 Å². The molecule has 4 rings (SSSR count). The molecule has 1 heterocycles. The maximum Gasteiger partial charge on any atom is 0.407 e. The molecule has 37 heavy (non-hydrogen) atoms. The lowest BCUT2D eigenvalue weighted by molar-refractivity contribution is 0.0523. The molecule has 9 heteroatoms. The summed E-state index contributed by atoms with van der Waals surface area (Å²) in [6, 6.07) is 13.3. The van der Waals surface area contributed by atoms with Gasteiger partial charge in [-0.25, -0.2) is 9.78 Å². The van der Waals surface area contributed by atoms with E-state index in [0.717, 1.165) is 29.5 Å². The fourth-order valence-corrected chi connectivity index (χ4v) is 3.68. The Bertz CT molecular complexity index is 1340. The number of anilines is 1. The molecule has 2 aromatic carbocycles. The van der Waals surface area contributed by atoms with Crippen LogP contribution in [0.3, 0.4) is 0 Å². The number of carbonyl (C=O) groups excluding carboxylic acids is 2. The highest BCUT2D eigenvalue weighted by molar-refractivity contribution is 5.95. The van der Waals surface area contributed by atoms with E-state index in [4.69, 9.17) is 4.74 Å². The lowest BCUT2D eigenvalue weighted by Crippen LogP contribution is -2.32. The number of carbonyl (C=O) groups is 2. The van der Waals surface area contributed by atoms with Crippen molar-refractivity contribution in [3.63, 3.8) is 0 Å². The number of nitrogens with one attached hydrogen (secondary N) is 3. The molecule has 1 aliphatic rings. The number of alkyl carbamates (subject to hydrolysis) is 1. The van der Waals surface area contributed by atoms with Crippen LogP contribution in [-0.4, -0.2) is 33.2 Å². The standard InChI is InChI=1S/C28H33N5O4/c1-18-5-10-21(25(34)32-22-11-12-22)15-23(18)33-14-13-29-24(26(33)35)30-16-19-6-8-20(9-7-19)17-31-27(36)37-28(2,3)4/h5-10,13-15,22H,11-12,16-17H2,1-4H3,(H,29,30)(H,31,36)(H,32,34). The van der Waals surface area contributed by atoms with Crippen molar-refractivity contribution in [2.45, 2.75) is 65.3 Å². The van der Waals surface area contributed by atoms with Crippen LogP contribution in [0, 0.1) is 6.92 Å². The average molecular weight is 504 g/mol. The van der Waals surface area contributed by atoms with Crippen molar-refractivity contribution in [2.75, 3.05) is 5.32 Å². The average Bonchev–Trinajstić information content (AvgIpc) is 3.66. The second kappa shape index (κ2) is 10.9. The number of aromatic nitrogens is 2. The number of ether oxygens (including phenoxy) is 1. The van der Waals surface area contributed by atoms with Gasteiger partial charge in [-0.1, -0.05) is 30.3 Å². The molecule has 0 atom stereocenters. The minimum absolute atomic E-state index is 0.131. The van der Waals surface area contributed by atoms with Gasteiger partial charge in [0.25, 0.3) is 11.5 Å². The third-order valence-electron chi connectivity index (χ3n) is 5.80. The van der Waals surface area contributed by atoms with Gasteiger partial charge in [0.1, 0.15) is 5.60 Å². The maximum atomic E-state index is 13.2. The molecule has 0 unspecified atom stereocenters. The van der Waals surface area contributed by atoms with Crippen molar-refractivity contribution in [1.82, 2.24) is 20.2 Å². The molecule has 0 aliphatic heterocycles. The van der Waals surface area contributed by atoms with Crippen LogP contribution in [-0.2, 0) is 17.8 Å². The molecule has 1 aromatic heterocycles. The fraction of sp³-hybridized carbons (Fsp3) is 0.357. The Morgan fingerprint density at radius 2 is 1.73 bits per heavy atom. The first-order chi connectivity index (χ1) is 17.6. The van der Waals surface area contributed by atoms with Crippen LogP contribution in [0.15, 0.2) is 59.7 Å². The highest BCUT2D eigenvalue weighted by Gasteiger charge is 2.24. The quantitative estimate of drug-likeness (QED) is 0.427. The van der Waals surface area contributed by atoms with Gasteiger partial charge in [0.05, 0.1) is 5.69 Å². The Hall–Kier alpha value is -4.14. The SMILES string of the molecule is Cc1ccc(C(=O)NC2CC2)cc1-n1ccnc(NCc2ccc(CNC(=O)OC(C)(C)C)cc2)c1=O. The number of aryl methyl sites for hydroxylation is 1. The fourth-order valence-electron chi connectivity index (χ4n) is 3.68. The van der Waals surface area contributed by atoms with Crippen molar-refractivity contribution in [2.24, 2.45) is 0 Å².